The number of carboxylic acid groups (broad SMARTS) is 1. The van der Waals surface area contributed by atoms with E-state index in [4.69, 9.17) is 0 Å². The number of rotatable bonds is 4. The van der Waals surface area contributed by atoms with Crippen molar-refractivity contribution in [3.63, 3.8) is 0 Å². The van der Waals surface area contributed by atoms with Crippen molar-refractivity contribution in [2.24, 2.45) is 0 Å². The summed E-state index contributed by atoms with van der Waals surface area (Å²) < 4.78 is 4.98. The molecule has 0 aliphatic rings. The fourth-order valence-electron chi connectivity index (χ4n) is 1.33. The molecule has 9 heteroatoms. The molecule has 0 radical (unpaired) electrons. The summed E-state index contributed by atoms with van der Waals surface area (Å²) in [5.74, 6) is -0.678. The predicted molar refractivity (Wildman–Crippen MR) is 58.3 cm³/mol. The Bertz CT molecular complexity index is 524. The van der Waals surface area contributed by atoms with Crippen LogP contribution in [-0.2, 0) is 10.3 Å². The lowest BCUT2D eigenvalue weighted by molar-refractivity contribution is -0.147. The molecule has 0 aromatic carbocycles. The fourth-order valence-corrected chi connectivity index (χ4v) is 1.77. The first-order chi connectivity index (χ1) is 8.09. The Morgan fingerprint density at radius 2 is 2.35 bits per heavy atom. The van der Waals surface area contributed by atoms with Gasteiger partial charge in [-0.25, -0.2) is 9.48 Å². The van der Waals surface area contributed by atoms with E-state index >= 15 is 0 Å². The zero-order chi connectivity index (χ0) is 12.5. The largest absolute Gasteiger partial charge is 0.479 e. The average molecular weight is 254 g/mol. The predicted octanol–water partition coefficient (Wildman–Crippen LogP) is 0.401. The Morgan fingerprint density at radius 1 is 1.59 bits per heavy atom. The molecule has 0 spiro atoms. The first-order valence-electron chi connectivity index (χ1n) is 4.89. The molecule has 90 valence electrons. The minimum atomic E-state index is -1.19. The Kier molecular flexibility index (Phi) is 2.84. The molecule has 8 nitrogen and oxygen atoms in total. The zero-order valence-electron chi connectivity index (χ0n) is 9.23. The lowest BCUT2D eigenvalue weighted by Crippen LogP contribution is -2.39. The monoisotopic (exact) mass is 254 g/mol. The van der Waals surface area contributed by atoms with Crippen LogP contribution in [0.15, 0.2) is 5.38 Å². The molecule has 2 aromatic heterocycles. The Balaban J connectivity index is 2.54. The molecule has 17 heavy (non-hydrogen) atoms. The minimum absolute atomic E-state index is 0.311. The highest BCUT2D eigenvalue weighted by molar-refractivity contribution is 7.03. The number of nitrogens with zero attached hydrogens (tertiary/aromatic N) is 6. The van der Waals surface area contributed by atoms with E-state index in [9.17, 15) is 9.90 Å². The normalized spacial score (nSPS) is 14.5. The van der Waals surface area contributed by atoms with Crippen LogP contribution in [0.25, 0.3) is 11.5 Å². The summed E-state index contributed by atoms with van der Waals surface area (Å²) in [4.78, 5) is 11.3. The smallest absolute Gasteiger partial charge is 0.331 e. The molecule has 2 rings (SSSR count). The maximum Gasteiger partial charge on any atom is 0.331 e. The van der Waals surface area contributed by atoms with Crippen molar-refractivity contribution in [2.75, 3.05) is 0 Å². The summed E-state index contributed by atoms with van der Waals surface area (Å²) in [5, 5.41) is 25.8. The van der Waals surface area contributed by atoms with Crippen LogP contribution < -0.4 is 0 Å². The standard InChI is InChI=1S/C8H10N6O2S/c1-3-8(2,7(15)16)14-6(10-11-12-14)5-4-17-13-9-5/h4H,3H2,1-2H3,(H,15,16). The molecule has 1 atom stereocenters. The highest BCUT2D eigenvalue weighted by Gasteiger charge is 2.37. The lowest BCUT2D eigenvalue weighted by atomic mass is 9.99. The van der Waals surface area contributed by atoms with Crippen molar-refractivity contribution in [1.82, 2.24) is 29.8 Å². The van der Waals surface area contributed by atoms with E-state index in [0.717, 1.165) is 11.5 Å². The molecule has 0 aliphatic carbocycles. The van der Waals surface area contributed by atoms with Crippen LogP contribution in [0.3, 0.4) is 0 Å². The van der Waals surface area contributed by atoms with E-state index < -0.39 is 11.5 Å². The third-order valence-electron chi connectivity index (χ3n) is 2.68. The molecule has 0 bridgehead atoms. The fraction of sp³-hybridized carbons (Fsp3) is 0.500. The lowest BCUT2D eigenvalue weighted by Gasteiger charge is -2.23. The van der Waals surface area contributed by atoms with Gasteiger partial charge in [-0.15, -0.1) is 10.2 Å². The van der Waals surface area contributed by atoms with Crippen LogP contribution in [0.1, 0.15) is 20.3 Å². The molecule has 1 N–H and O–H groups in total. The summed E-state index contributed by atoms with van der Waals surface area (Å²) in [6, 6.07) is 0. The van der Waals surface area contributed by atoms with Gasteiger partial charge in [0.25, 0.3) is 0 Å². The molecule has 0 amide bonds. The summed E-state index contributed by atoms with van der Waals surface area (Å²) in [5.41, 5.74) is -0.719. The Hall–Kier alpha value is -1.90. The third-order valence-corrected chi connectivity index (χ3v) is 3.18. The first kappa shape index (κ1) is 11.6. The minimum Gasteiger partial charge on any atom is -0.479 e. The second kappa shape index (κ2) is 4.17. The number of hydrogen-bond donors (Lipinski definition) is 1. The maximum absolute atomic E-state index is 11.3. The molecular weight excluding hydrogens is 244 g/mol. The highest BCUT2D eigenvalue weighted by Crippen LogP contribution is 2.25. The van der Waals surface area contributed by atoms with Crippen LogP contribution in [0.4, 0.5) is 0 Å². The van der Waals surface area contributed by atoms with Gasteiger partial charge in [0, 0.05) is 5.38 Å². The summed E-state index contributed by atoms with van der Waals surface area (Å²) in [7, 11) is 0. The van der Waals surface area contributed by atoms with Gasteiger partial charge in [-0.05, 0) is 35.3 Å². The van der Waals surface area contributed by atoms with Crippen LogP contribution in [0.5, 0.6) is 0 Å². The highest BCUT2D eigenvalue weighted by atomic mass is 32.1. The van der Waals surface area contributed by atoms with Gasteiger partial charge >= 0.3 is 5.97 Å². The molecule has 0 saturated heterocycles. The van der Waals surface area contributed by atoms with Gasteiger partial charge in [-0.3, -0.25) is 0 Å². The van der Waals surface area contributed by atoms with E-state index in [1.165, 1.54) is 4.68 Å². The van der Waals surface area contributed by atoms with Gasteiger partial charge in [0.2, 0.25) is 5.82 Å². The van der Waals surface area contributed by atoms with Crippen molar-refractivity contribution in [3.05, 3.63) is 5.38 Å². The quantitative estimate of drug-likeness (QED) is 0.841. The number of carboxylic acids is 1. The average Bonchev–Trinajstić information content (AvgIpc) is 2.97. The third kappa shape index (κ3) is 1.78. The van der Waals surface area contributed by atoms with Crippen molar-refractivity contribution in [3.8, 4) is 11.5 Å². The molecule has 0 fully saturated rings. The van der Waals surface area contributed by atoms with E-state index in [-0.39, 0.29) is 0 Å². The van der Waals surface area contributed by atoms with E-state index in [1.807, 2.05) is 0 Å². The van der Waals surface area contributed by atoms with E-state index in [2.05, 4.69) is 25.1 Å². The second-order valence-corrected chi connectivity index (χ2v) is 4.25. The van der Waals surface area contributed by atoms with Crippen LogP contribution in [-0.4, -0.2) is 40.9 Å². The van der Waals surface area contributed by atoms with Crippen molar-refractivity contribution >= 4 is 17.5 Å². The van der Waals surface area contributed by atoms with Crippen LogP contribution >= 0.6 is 11.5 Å². The molecule has 0 saturated carbocycles. The zero-order valence-corrected chi connectivity index (χ0v) is 10.0. The molecule has 2 heterocycles. The van der Waals surface area contributed by atoms with Crippen molar-refractivity contribution < 1.29 is 9.90 Å². The first-order valence-corrected chi connectivity index (χ1v) is 5.73. The molecule has 2 aromatic rings. The van der Waals surface area contributed by atoms with Crippen molar-refractivity contribution in [1.29, 1.82) is 0 Å². The second-order valence-electron chi connectivity index (χ2n) is 3.64. The SMILES string of the molecule is CCC(C)(C(=O)O)n1nnnc1-c1csnn1. The van der Waals surface area contributed by atoms with E-state index in [0.29, 0.717) is 17.9 Å². The van der Waals surface area contributed by atoms with Crippen LogP contribution in [0, 0.1) is 0 Å². The summed E-state index contributed by atoms with van der Waals surface area (Å²) in [6.07, 6.45) is 0.359. The van der Waals surface area contributed by atoms with Gasteiger partial charge < -0.3 is 5.11 Å². The Morgan fingerprint density at radius 3 is 2.88 bits per heavy atom. The molecule has 0 aliphatic heterocycles. The van der Waals surface area contributed by atoms with Gasteiger partial charge in [0.1, 0.15) is 5.69 Å². The van der Waals surface area contributed by atoms with Gasteiger partial charge in [-0.1, -0.05) is 11.4 Å². The van der Waals surface area contributed by atoms with Gasteiger partial charge in [-0.2, -0.15) is 0 Å². The molecule has 1 unspecified atom stereocenters. The summed E-state index contributed by atoms with van der Waals surface area (Å²) >= 11 is 1.16. The summed E-state index contributed by atoms with van der Waals surface area (Å²) in [6.45, 7) is 3.33. The topological polar surface area (TPSA) is 107 Å². The van der Waals surface area contributed by atoms with Gasteiger partial charge in [0.05, 0.1) is 0 Å². The number of aromatic nitrogens is 6. The number of aliphatic carboxylic acids is 1. The van der Waals surface area contributed by atoms with Crippen molar-refractivity contribution in [2.45, 2.75) is 25.8 Å². The van der Waals surface area contributed by atoms with Crippen LogP contribution in [0.2, 0.25) is 0 Å². The number of hydrogen-bond acceptors (Lipinski definition) is 7. The van der Waals surface area contributed by atoms with Gasteiger partial charge in [0.15, 0.2) is 5.54 Å². The number of carbonyl (C=O) groups is 1. The number of tetrazole rings is 1. The Labute approximate surface area is 100 Å². The van der Waals surface area contributed by atoms with E-state index in [1.54, 1.807) is 19.2 Å². The maximum atomic E-state index is 11.3. The molecular formula is C8H10N6O2S.